The molecule has 3 unspecified atom stereocenters. The fourth-order valence-electron chi connectivity index (χ4n) is 3.07. The molecule has 1 aliphatic rings. The van der Waals surface area contributed by atoms with Crippen LogP contribution in [0.1, 0.15) is 38.7 Å². The number of ether oxygens (including phenoxy) is 1. The van der Waals surface area contributed by atoms with Crippen molar-refractivity contribution in [2.24, 2.45) is 11.8 Å². The van der Waals surface area contributed by atoms with Crippen LogP contribution in [0.25, 0.3) is 0 Å². The smallest absolute Gasteiger partial charge is 0.119 e. The Hall–Kier alpha value is -1.06. The van der Waals surface area contributed by atoms with Gasteiger partial charge in [-0.1, -0.05) is 32.4 Å². The maximum absolute atomic E-state index is 9.98. The Morgan fingerprint density at radius 3 is 2.95 bits per heavy atom. The van der Waals surface area contributed by atoms with E-state index in [1.165, 1.54) is 24.8 Å². The molecular formula is C18H29NO2. The molecule has 21 heavy (non-hydrogen) atoms. The van der Waals surface area contributed by atoms with Crippen molar-refractivity contribution in [2.45, 2.75) is 45.6 Å². The maximum Gasteiger partial charge on any atom is 0.119 e. The second kappa shape index (κ2) is 8.40. The number of aliphatic hydroxyl groups is 1. The van der Waals surface area contributed by atoms with Crippen molar-refractivity contribution in [3.8, 4) is 5.75 Å². The summed E-state index contributed by atoms with van der Waals surface area (Å²) in [5.74, 6) is 2.50. The minimum absolute atomic E-state index is 0.348. The summed E-state index contributed by atoms with van der Waals surface area (Å²) < 4.78 is 5.66. The van der Waals surface area contributed by atoms with Crippen molar-refractivity contribution >= 4 is 0 Å². The number of aliphatic hydroxyl groups excluding tert-OH is 1. The fraction of sp³-hybridized carbons (Fsp3) is 0.667. The summed E-state index contributed by atoms with van der Waals surface area (Å²) in [5.41, 5.74) is 1.26. The SMILES string of the molecule is CCc1cccc(OCC(O)CNCC2CCC(C)C2)c1. The Kier molecular flexibility index (Phi) is 6.52. The van der Waals surface area contributed by atoms with Crippen molar-refractivity contribution in [3.63, 3.8) is 0 Å². The number of rotatable bonds is 8. The van der Waals surface area contributed by atoms with Crippen LogP contribution in [0.4, 0.5) is 0 Å². The molecule has 1 fully saturated rings. The highest BCUT2D eigenvalue weighted by molar-refractivity contribution is 5.28. The monoisotopic (exact) mass is 291 g/mol. The largest absolute Gasteiger partial charge is 0.491 e. The van der Waals surface area contributed by atoms with Crippen LogP contribution in [-0.2, 0) is 6.42 Å². The molecule has 0 saturated heterocycles. The van der Waals surface area contributed by atoms with Crippen LogP contribution in [0, 0.1) is 11.8 Å². The van der Waals surface area contributed by atoms with Crippen molar-refractivity contribution in [3.05, 3.63) is 29.8 Å². The normalized spacial score (nSPS) is 23.2. The van der Waals surface area contributed by atoms with Crippen LogP contribution >= 0.6 is 0 Å². The molecular weight excluding hydrogens is 262 g/mol. The van der Waals surface area contributed by atoms with E-state index in [0.717, 1.165) is 30.6 Å². The van der Waals surface area contributed by atoms with Crippen LogP contribution in [0.15, 0.2) is 24.3 Å². The van der Waals surface area contributed by atoms with E-state index in [0.29, 0.717) is 13.2 Å². The Morgan fingerprint density at radius 1 is 1.38 bits per heavy atom. The summed E-state index contributed by atoms with van der Waals surface area (Å²) in [6, 6.07) is 8.08. The van der Waals surface area contributed by atoms with Crippen molar-refractivity contribution in [1.82, 2.24) is 5.32 Å². The fourth-order valence-corrected chi connectivity index (χ4v) is 3.07. The minimum atomic E-state index is -0.450. The van der Waals surface area contributed by atoms with E-state index in [1.54, 1.807) is 0 Å². The van der Waals surface area contributed by atoms with Gasteiger partial charge < -0.3 is 15.2 Å². The zero-order valence-corrected chi connectivity index (χ0v) is 13.3. The molecule has 0 spiro atoms. The van der Waals surface area contributed by atoms with Crippen molar-refractivity contribution in [2.75, 3.05) is 19.7 Å². The van der Waals surface area contributed by atoms with Gasteiger partial charge >= 0.3 is 0 Å². The zero-order valence-electron chi connectivity index (χ0n) is 13.3. The molecule has 1 aliphatic carbocycles. The average Bonchev–Trinajstić information content (AvgIpc) is 2.91. The summed E-state index contributed by atoms with van der Waals surface area (Å²) in [6.45, 7) is 6.43. The lowest BCUT2D eigenvalue weighted by Gasteiger charge is -2.16. The molecule has 2 N–H and O–H groups in total. The van der Waals surface area contributed by atoms with Gasteiger partial charge in [-0.3, -0.25) is 0 Å². The lowest BCUT2D eigenvalue weighted by molar-refractivity contribution is 0.105. The van der Waals surface area contributed by atoms with Gasteiger partial charge in [-0.15, -0.1) is 0 Å². The van der Waals surface area contributed by atoms with Gasteiger partial charge in [-0.25, -0.2) is 0 Å². The van der Waals surface area contributed by atoms with Gasteiger partial charge in [0.15, 0.2) is 0 Å². The minimum Gasteiger partial charge on any atom is -0.491 e. The Balaban J connectivity index is 1.61. The number of hydrogen-bond acceptors (Lipinski definition) is 3. The summed E-state index contributed by atoms with van der Waals surface area (Å²) in [4.78, 5) is 0. The topological polar surface area (TPSA) is 41.5 Å². The van der Waals surface area contributed by atoms with Gasteiger partial charge in [0, 0.05) is 6.54 Å². The number of benzene rings is 1. The summed E-state index contributed by atoms with van der Waals surface area (Å²) in [7, 11) is 0. The highest BCUT2D eigenvalue weighted by Crippen LogP contribution is 2.29. The molecule has 0 amide bonds. The molecule has 0 aliphatic heterocycles. The first kappa shape index (κ1) is 16.3. The predicted molar refractivity (Wildman–Crippen MR) is 86.7 cm³/mol. The Morgan fingerprint density at radius 2 is 2.24 bits per heavy atom. The lowest BCUT2D eigenvalue weighted by atomic mass is 10.1. The van der Waals surface area contributed by atoms with Gasteiger partial charge in [0.2, 0.25) is 0 Å². The molecule has 1 aromatic rings. The average molecular weight is 291 g/mol. The van der Waals surface area contributed by atoms with E-state index < -0.39 is 6.10 Å². The standard InChI is InChI=1S/C18H29NO2/c1-3-15-5-4-6-18(10-15)21-13-17(20)12-19-11-16-8-7-14(2)9-16/h4-6,10,14,16-17,19-20H,3,7-9,11-13H2,1-2H3. The van der Waals surface area contributed by atoms with Gasteiger partial charge in [0.05, 0.1) is 0 Å². The molecule has 0 bridgehead atoms. The second-order valence-electron chi connectivity index (χ2n) is 6.41. The first-order valence-corrected chi connectivity index (χ1v) is 8.28. The quantitative estimate of drug-likeness (QED) is 0.773. The van der Waals surface area contributed by atoms with Gasteiger partial charge in [0.1, 0.15) is 18.5 Å². The molecule has 3 atom stereocenters. The number of aryl methyl sites for hydroxylation is 1. The van der Waals surface area contributed by atoms with Crippen LogP contribution in [-0.4, -0.2) is 30.9 Å². The predicted octanol–water partition coefficient (Wildman–Crippen LogP) is 3.01. The van der Waals surface area contributed by atoms with Crippen LogP contribution in [0.2, 0.25) is 0 Å². The van der Waals surface area contributed by atoms with Crippen LogP contribution < -0.4 is 10.1 Å². The first-order valence-electron chi connectivity index (χ1n) is 8.28. The third kappa shape index (κ3) is 5.68. The van der Waals surface area contributed by atoms with Crippen LogP contribution in [0.3, 0.4) is 0 Å². The molecule has 3 nitrogen and oxygen atoms in total. The molecule has 2 rings (SSSR count). The summed E-state index contributed by atoms with van der Waals surface area (Å²) in [6.07, 6.45) is 4.55. The van der Waals surface area contributed by atoms with E-state index in [-0.39, 0.29) is 0 Å². The van der Waals surface area contributed by atoms with Crippen molar-refractivity contribution in [1.29, 1.82) is 0 Å². The Bertz CT molecular complexity index is 421. The van der Waals surface area contributed by atoms with Gasteiger partial charge in [0.25, 0.3) is 0 Å². The Labute approximate surface area is 128 Å². The van der Waals surface area contributed by atoms with E-state index >= 15 is 0 Å². The second-order valence-corrected chi connectivity index (χ2v) is 6.41. The highest BCUT2D eigenvalue weighted by atomic mass is 16.5. The lowest BCUT2D eigenvalue weighted by Crippen LogP contribution is -2.33. The number of hydrogen-bond donors (Lipinski definition) is 2. The third-order valence-electron chi connectivity index (χ3n) is 4.37. The maximum atomic E-state index is 9.98. The van der Waals surface area contributed by atoms with E-state index in [4.69, 9.17) is 4.74 Å². The molecule has 1 aromatic carbocycles. The molecule has 0 radical (unpaired) electrons. The van der Waals surface area contributed by atoms with Gasteiger partial charge in [-0.2, -0.15) is 0 Å². The molecule has 3 heteroatoms. The van der Waals surface area contributed by atoms with E-state index in [9.17, 15) is 5.11 Å². The number of nitrogens with one attached hydrogen (secondary N) is 1. The highest BCUT2D eigenvalue weighted by Gasteiger charge is 2.20. The molecule has 0 heterocycles. The van der Waals surface area contributed by atoms with Gasteiger partial charge in [-0.05, 0) is 55.3 Å². The zero-order chi connectivity index (χ0) is 15.1. The van der Waals surface area contributed by atoms with Crippen molar-refractivity contribution < 1.29 is 9.84 Å². The molecule has 1 saturated carbocycles. The summed E-state index contributed by atoms with van der Waals surface area (Å²) in [5, 5.41) is 13.4. The van der Waals surface area contributed by atoms with E-state index in [1.807, 2.05) is 18.2 Å². The van der Waals surface area contributed by atoms with Crippen LogP contribution in [0.5, 0.6) is 5.75 Å². The molecule has 118 valence electrons. The first-order chi connectivity index (χ1) is 10.2. The molecule has 0 aromatic heterocycles. The van der Waals surface area contributed by atoms with E-state index in [2.05, 4.69) is 25.2 Å². The summed E-state index contributed by atoms with van der Waals surface area (Å²) >= 11 is 0. The third-order valence-corrected chi connectivity index (χ3v) is 4.37.